The smallest absolute Gasteiger partial charge is 0.409 e. The molecule has 9 heteroatoms. The number of rotatable bonds is 5. The van der Waals surface area contributed by atoms with E-state index >= 15 is 0 Å². The number of piperazine rings is 1. The minimum Gasteiger partial charge on any atom is -0.482 e. The number of nitrogens with zero attached hydrogens (tertiary/aromatic N) is 3. The summed E-state index contributed by atoms with van der Waals surface area (Å²) >= 11 is 0. The Morgan fingerprint density at radius 3 is 2.45 bits per heavy atom. The van der Waals surface area contributed by atoms with Gasteiger partial charge in [0.05, 0.1) is 12.3 Å². The van der Waals surface area contributed by atoms with E-state index in [4.69, 9.17) is 9.47 Å². The molecule has 156 valence electrons. The van der Waals surface area contributed by atoms with Gasteiger partial charge >= 0.3 is 6.09 Å². The van der Waals surface area contributed by atoms with Crippen LogP contribution < -0.4 is 9.64 Å². The van der Waals surface area contributed by atoms with Crippen LogP contribution in [-0.4, -0.2) is 79.9 Å². The van der Waals surface area contributed by atoms with Crippen LogP contribution in [0.1, 0.15) is 30.1 Å². The summed E-state index contributed by atoms with van der Waals surface area (Å²) in [4.78, 5) is 53.1. The minimum absolute atomic E-state index is 0.0191. The van der Waals surface area contributed by atoms with Crippen LogP contribution in [0, 0.1) is 0 Å². The number of hydrogen-bond donors (Lipinski definition) is 0. The van der Waals surface area contributed by atoms with Gasteiger partial charge in [0.15, 0.2) is 12.4 Å². The molecule has 2 heterocycles. The van der Waals surface area contributed by atoms with Gasteiger partial charge in [0, 0.05) is 51.6 Å². The largest absolute Gasteiger partial charge is 0.482 e. The fourth-order valence-corrected chi connectivity index (χ4v) is 3.32. The second-order valence-electron chi connectivity index (χ2n) is 6.91. The zero-order valence-electron chi connectivity index (χ0n) is 16.7. The van der Waals surface area contributed by atoms with Crippen LogP contribution in [0.5, 0.6) is 5.75 Å². The van der Waals surface area contributed by atoms with Crippen LogP contribution in [0.2, 0.25) is 0 Å². The highest BCUT2D eigenvalue weighted by Crippen LogP contribution is 2.32. The summed E-state index contributed by atoms with van der Waals surface area (Å²) in [7, 11) is 1.64. The van der Waals surface area contributed by atoms with Gasteiger partial charge in [-0.3, -0.25) is 14.4 Å². The molecule has 9 nitrogen and oxygen atoms in total. The lowest BCUT2D eigenvalue weighted by molar-refractivity contribution is -0.132. The summed E-state index contributed by atoms with van der Waals surface area (Å²) in [5.74, 6) is 0.0895. The van der Waals surface area contributed by atoms with Crippen molar-refractivity contribution < 1.29 is 28.7 Å². The SMILES string of the molecule is CCOC(=O)N1CCN(C(=O)CCC(=O)c2ccc3c(c2)N(C)C(=O)CO3)CC1. The van der Waals surface area contributed by atoms with Crippen molar-refractivity contribution in [3.05, 3.63) is 23.8 Å². The Morgan fingerprint density at radius 2 is 1.76 bits per heavy atom. The summed E-state index contributed by atoms with van der Waals surface area (Å²) < 4.78 is 10.3. The van der Waals surface area contributed by atoms with Gasteiger partial charge in [0.2, 0.25) is 5.91 Å². The molecule has 0 unspecified atom stereocenters. The molecular formula is C20H25N3O6. The van der Waals surface area contributed by atoms with E-state index < -0.39 is 0 Å². The van der Waals surface area contributed by atoms with E-state index in [1.165, 1.54) is 4.90 Å². The number of amides is 3. The lowest BCUT2D eigenvalue weighted by atomic mass is 10.0. The predicted molar refractivity (Wildman–Crippen MR) is 104 cm³/mol. The molecule has 1 saturated heterocycles. The molecule has 1 fully saturated rings. The third-order valence-corrected chi connectivity index (χ3v) is 5.09. The Labute approximate surface area is 169 Å². The zero-order valence-corrected chi connectivity index (χ0v) is 16.7. The molecule has 0 bridgehead atoms. The van der Waals surface area contributed by atoms with E-state index in [1.54, 1.807) is 42.0 Å². The normalized spacial score (nSPS) is 16.2. The molecule has 29 heavy (non-hydrogen) atoms. The van der Waals surface area contributed by atoms with Crippen molar-refractivity contribution in [2.24, 2.45) is 0 Å². The monoisotopic (exact) mass is 403 g/mol. The number of benzene rings is 1. The van der Waals surface area contributed by atoms with Crippen molar-refractivity contribution in [3.8, 4) is 5.75 Å². The first-order valence-electron chi connectivity index (χ1n) is 9.66. The minimum atomic E-state index is -0.366. The Hall–Kier alpha value is -3.10. The maximum atomic E-state index is 12.5. The number of likely N-dealkylation sites (N-methyl/N-ethyl adjacent to an activating group) is 1. The molecule has 0 aromatic heterocycles. The molecule has 1 aromatic rings. The lowest BCUT2D eigenvalue weighted by Gasteiger charge is -2.34. The van der Waals surface area contributed by atoms with Gasteiger partial charge in [-0.1, -0.05) is 0 Å². The van der Waals surface area contributed by atoms with E-state index in [0.717, 1.165) is 0 Å². The van der Waals surface area contributed by atoms with Crippen LogP contribution in [0.4, 0.5) is 10.5 Å². The Kier molecular flexibility index (Phi) is 6.36. The fourth-order valence-electron chi connectivity index (χ4n) is 3.32. The van der Waals surface area contributed by atoms with E-state index in [-0.39, 0.29) is 43.1 Å². The average molecular weight is 403 g/mol. The summed E-state index contributed by atoms with van der Waals surface area (Å²) in [5, 5.41) is 0. The van der Waals surface area contributed by atoms with Gasteiger partial charge in [-0.2, -0.15) is 0 Å². The van der Waals surface area contributed by atoms with Crippen LogP contribution >= 0.6 is 0 Å². The highest BCUT2D eigenvalue weighted by molar-refractivity contribution is 6.02. The molecular weight excluding hydrogens is 378 g/mol. The van der Waals surface area contributed by atoms with Crippen molar-refractivity contribution >= 4 is 29.4 Å². The molecule has 0 spiro atoms. The number of fused-ring (bicyclic) bond motifs is 1. The highest BCUT2D eigenvalue weighted by Gasteiger charge is 2.26. The number of ketones is 1. The second kappa shape index (κ2) is 8.93. The lowest BCUT2D eigenvalue weighted by Crippen LogP contribution is -2.50. The number of Topliss-reactive ketones (excluding diaryl/α,β-unsaturated/α-hetero) is 1. The third-order valence-electron chi connectivity index (χ3n) is 5.09. The predicted octanol–water partition coefficient (Wildman–Crippen LogP) is 1.31. The first-order chi connectivity index (χ1) is 13.9. The van der Waals surface area contributed by atoms with Crippen molar-refractivity contribution in [3.63, 3.8) is 0 Å². The van der Waals surface area contributed by atoms with Crippen LogP contribution in [0.25, 0.3) is 0 Å². The van der Waals surface area contributed by atoms with Crippen molar-refractivity contribution in [2.45, 2.75) is 19.8 Å². The summed E-state index contributed by atoms with van der Waals surface area (Å²) in [6.45, 7) is 3.74. The van der Waals surface area contributed by atoms with E-state index in [2.05, 4.69) is 0 Å². The highest BCUT2D eigenvalue weighted by atomic mass is 16.6. The van der Waals surface area contributed by atoms with Gasteiger partial charge in [-0.05, 0) is 25.1 Å². The van der Waals surface area contributed by atoms with Gasteiger partial charge in [0.1, 0.15) is 5.75 Å². The van der Waals surface area contributed by atoms with Crippen molar-refractivity contribution in [1.82, 2.24) is 9.80 Å². The molecule has 0 N–H and O–H groups in total. The molecule has 2 aliphatic rings. The van der Waals surface area contributed by atoms with Gasteiger partial charge in [-0.25, -0.2) is 4.79 Å². The summed E-state index contributed by atoms with van der Waals surface area (Å²) in [6.07, 6.45) is -0.191. The first kappa shape index (κ1) is 20.6. The van der Waals surface area contributed by atoms with Gasteiger partial charge < -0.3 is 24.2 Å². The van der Waals surface area contributed by atoms with Crippen LogP contribution in [0.3, 0.4) is 0 Å². The molecule has 2 aliphatic heterocycles. The van der Waals surface area contributed by atoms with Gasteiger partial charge in [-0.15, -0.1) is 0 Å². The van der Waals surface area contributed by atoms with Crippen molar-refractivity contribution in [2.75, 3.05) is 51.3 Å². The number of anilines is 1. The number of ether oxygens (including phenoxy) is 2. The molecule has 0 aliphatic carbocycles. The molecule has 0 atom stereocenters. The summed E-state index contributed by atoms with van der Waals surface area (Å²) in [6, 6.07) is 4.94. The molecule has 0 radical (unpaired) electrons. The van der Waals surface area contributed by atoms with E-state index in [0.29, 0.717) is 49.8 Å². The van der Waals surface area contributed by atoms with E-state index in [1.807, 2.05) is 0 Å². The summed E-state index contributed by atoms with van der Waals surface area (Å²) in [5.41, 5.74) is 0.988. The number of hydrogen-bond acceptors (Lipinski definition) is 6. The van der Waals surface area contributed by atoms with Crippen molar-refractivity contribution in [1.29, 1.82) is 0 Å². The number of carbonyl (C=O) groups excluding carboxylic acids is 4. The molecule has 1 aromatic carbocycles. The van der Waals surface area contributed by atoms with E-state index in [9.17, 15) is 19.2 Å². The Balaban J connectivity index is 1.52. The quantitative estimate of drug-likeness (QED) is 0.688. The third kappa shape index (κ3) is 4.67. The molecule has 0 saturated carbocycles. The maximum absolute atomic E-state index is 12.5. The fraction of sp³-hybridized carbons (Fsp3) is 0.500. The van der Waals surface area contributed by atoms with Crippen LogP contribution in [0.15, 0.2) is 18.2 Å². The molecule has 3 amide bonds. The Morgan fingerprint density at radius 1 is 1.07 bits per heavy atom. The second-order valence-corrected chi connectivity index (χ2v) is 6.91. The Bertz CT molecular complexity index is 816. The molecule has 3 rings (SSSR count). The standard InChI is InChI=1S/C20H25N3O6/c1-3-28-20(27)23-10-8-22(9-11-23)18(25)7-5-16(24)14-4-6-17-15(12-14)21(2)19(26)13-29-17/h4,6,12H,3,5,7-11,13H2,1-2H3. The first-order valence-corrected chi connectivity index (χ1v) is 9.66. The van der Waals surface area contributed by atoms with Gasteiger partial charge in [0.25, 0.3) is 5.91 Å². The zero-order chi connectivity index (χ0) is 21.0. The topological polar surface area (TPSA) is 96.5 Å². The average Bonchev–Trinajstić information content (AvgIpc) is 2.74. The van der Waals surface area contributed by atoms with Crippen LogP contribution in [-0.2, 0) is 14.3 Å². The maximum Gasteiger partial charge on any atom is 0.409 e. The number of carbonyl (C=O) groups is 4.